The van der Waals surface area contributed by atoms with E-state index in [0.29, 0.717) is 6.54 Å². The van der Waals surface area contributed by atoms with Gasteiger partial charge in [-0.25, -0.2) is 0 Å². The Balaban J connectivity index is 1.85. The molecule has 0 spiro atoms. The molecule has 5 heteroatoms. The van der Waals surface area contributed by atoms with Gasteiger partial charge in [-0.05, 0) is 54.3 Å². The van der Waals surface area contributed by atoms with E-state index >= 15 is 0 Å². The lowest BCUT2D eigenvalue weighted by Gasteiger charge is -2.12. The van der Waals surface area contributed by atoms with Crippen LogP contribution in [0.2, 0.25) is 0 Å². The SMILES string of the molecule is CCCCCNc1cc(/C=C\C(=O)NCCc2ccc(N)cc2)ccc1OC. The Labute approximate surface area is 168 Å². The molecule has 28 heavy (non-hydrogen) atoms. The number of nitrogens with one attached hydrogen (secondary N) is 2. The number of unbranched alkanes of at least 4 members (excludes halogenated alkanes) is 2. The highest BCUT2D eigenvalue weighted by molar-refractivity contribution is 5.91. The van der Waals surface area contributed by atoms with Gasteiger partial charge in [-0.2, -0.15) is 0 Å². The van der Waals surface area contributed by atoms with Crippen LogP contribution < -0.4 is 21.1 Å². The third kappa shape index (κ3) is 7.35. The minimum atomic E-state index is -0.108. The van der Waals surface area contributed by atoms with Crippen molar-refractivity contribution >= 4 is 23.4 Å². The van der Waals surface area contributed by atoms with E-state index in [1.807, 2.05) is 48.5 Å². The van der Waals surface area contributed by atoms with Gasteiger partial charge in [0.15, 0.2) is 0 Å². The molecular weight excluding hydrogens is 350 g/mol. The van der Waals surface area contributed by atoms with Crippen molar-refractivity contribution in [3.8, 4) is 5.75 Å². The topological polar surface area (TPSA) is 76.4 Å². The zero-order chi connectivity index (χ0) is 20.2. The molecule has 2 rings (SSSR count). The summed E-state index contributed by atoms with van der Waals surface area (Å²) in [5.74, 6) is 0.699. The summed E-state index contributed by atoms with van der Waals surface area (Å²) in [4.78, 5) is 12.1. The number of ether oxygens (including phenoxy) is 1. The van der Waals surface area contributed by atoms with E-state index in [1.54, 1.807) is 13.2 Å². The first kappa shape index (κ1) is 21.4. The van der Waals surface area contributed by atoms with E-state index in [4.69, 9.17) is 10.5 Å². The summed E-state index contributed by atoms with van der Waals surface area (Å²) < 4.78 is 5.41. The van der Waals surface area contributed by atoms with E-state index < -0.39 is 0 Å². The summed E-state index contributed by atoms with van der Waals surface area (Å²) in [7, 11) is 1.66. The van der Waals surface area contributed by atoms with Crippen LogP contribution in [0.5, 0.6) is 5.75 Å². The number of carbonyl (C=O) groups excluding carboxylic acids is 1. The highest BCUT2D eigenvalue weighted by Crippen LogP contribution is 2.26. The maximum absolute atomic E-state index is 12.1. The predicted octanol–water partition coefficient (Wildman–Crippen LogP) is 4.25. The van der Waals surface area contributed by atoms with E-state index in [-0.39, 0.29) is 5.91 Å². The number of hydrogen-bond acceptors (Lipinski definition) is 4. The molecular formula is C23H31N3O2. The van der Waals surface area contributed by atoms with E-state index in [2.05, 4.69) is 17.6 Å². The van der Waals surface area contributed by atoms with Crippen LogP contribution in [0.15, 0.2) is 48.5 Å². The molecule has 0 aromatic heterocycles. The van der Waals surface area contributed by atoms with Crippen LogP contribution in [0.3, 0.4) is 0 Å². The molecule has 4 N–H and O–H groups in total. The van der Waals surface area contributed by atoms with Gasteiger partial charge < -0.3 is 21.1 Å². The first-order valence-corrected chi connectivity index (χ1v) is 9.84. The van der Waals surface area contributed by atoms with Crippen molar-refractivity contribution < 1.29 is 9.53 Å². The molecule has 0 bridgehead atoms. The molecule has 0 saturated carbocycles. The Morgan fingerprint density at radius 3 is 2.61 bits per heavy atom. The van der Waals surface area contributed by atoms with Gasteiger partial charge in [0.25, 0.3) is 0 Å². The predicted molar refractivity (Wildman–Crippen MR) is 118 cm³/mol. The van der Waals surface area contributed by atoms with Crippen LogP contribution >= 0.6 is 0 Å². The highest BCUT2D eigenvalue weighted by Gasteiger charge is 2.03. The first-order valence-electron chi connectivity index (χ1n) is 9.84. The number of carbonyl (C=O) groups is 1. The summed E-state index contributed by atoms with van der Waals surface area (Å²) in [5, 5.41) is 6.32. The number of nitrogen functional groups attached to an aromatic ring is 1. The lowest BCUT2D eigenvalue weighted by atomic mass is 10.1. The molecule has 150 valence electrons. The molecule has 1 amide bonds. The molecule has 2 aromatic rings. The number of anilines is 2. The van der Waals surface area contributed by atoms with Crippen LogP contribution in [0.1, 0.15) is 37.3 Å². The summed E-state index contributed by atoms with van der Waals surface area (Å²) in [6.07, 6.45) is 7.66. The fraction of sp³-hybridized carbons (Fsp3) is 0.348. The molecule has 0 radical (unpaired) electrons. The lowest BCUT2D eigenvalue weighted by Crippen LogP contribution is -2.23. The van der Waals surface area contributed by atoms with Gasteiger partial charge in [-0.15, -0.1) is 0 Å². The average molecular weight is 382 g/mol. The third-order valence-electron chi connectivity index (χ3n) is 4.44. The minimum absolute atomic E-state index is 0.108. The zero-order valence-corrected chi connectivity index (χ0v) is 16.8. The van der Waals surface area contributed by atoms with Gasteiger partial charge in [0.05, 0.1) is 12.8 Å². The van der Waals surface area contributed by atoms with Crippen LogP contribution in [-0.4, -0.2) is 26.1 Å². The second-order valence-corrected chi connectivity index (χ2v) is 6.71. The average Bonchev–Trinajstić information content (AvgIpc) is 2.71. The summed E-state index contributed by atoms with van der Waals surface area (Å²) in [6.45, 7) is 3.68. The molecule has 0 fully saturated rings. The van der Waals surface area contributed by atoms with Gasteiger partial charge in [0.1, 0.15) is 5.75 Å². The molecule has 0 aliphatic heterocycles. The van der Waals surface area contributed by atoms with Crippen LogP contribution in [0, 0.1) is 0 Å². The highest BCUT2D eigenvalue weighted by atomic mass is 16.5. The monoisotopic (exact) mass is 381 g/mol. The summed E-state index contributed by atoms with van der Waals surface area (Å²) in [6, 6.07) is 13.6. The lowest BCUT2D eigenvalue weighted by molar-refractivity contribution is -0.116. The molecule has 0 aliphatic rings. The molecule has 2 aromatic carbocycles. The van der Waals surface area contributed by atoms with Gasteiger partial charge in [-0.3, -0.25) is 4.79 Å². The summed E-state index contributed by atoms with van der Waals surface area (Å²) in [5.41, 5.74) is 9.47. The Morgan fingerprint density at radius 2 is 1.89 bits per heavy atom. The molecule has 0 saturated heterocycles. The Kier molecular flexibility index (Phi) is 8.92. The number of benzene rings is 2. The van der Waals surface area contributed by atoms with Crippen molar-refractivity contribution in [3.63, 3.8) is 0 Å². The standard InChI is InChI=1S/C23H31N3O2/c1-3-4-5-15-25-21-17-19(8-12-22(21)28-2)9-13-23(27)26-16-14-18-6-10-20(24)11-7-18/h6-13,17,25H,3-5,14-16,24H2,1-2H3,(H,26,27)/b13-9-. The molecule has 5 nitrogen and oxygen atoms in total. The zero-order valence-electron chi connectivity index (χ0n) is 16.8. The van der Waals surface area contributed by atoms with Gasteiger partial charge in [-0.1, -0.05) is 38.0 Å². The van der Waals surface area contributed by atoms with Crippen molar-refractivity contribution in [2.24, 2.45) is 0 Å². The molecule has 0 atom stereocenters. The Hall–Kier alpha value is -2.95. The van der Waals surface area contributed by atoms with Crippen molar-refractivity contribution in [1.29, 1.82) is 0 Å². The van der Waals surface area contributed by atoms with Crippen LogP contribution in [0.25, 0.3) is 6.08 Å². The molecule has 0 aliphatic carbocycles. The van der Waals surface area contributed by atoms with Gasteiger partial charge in [0, 0.05) is 24.9 Å². The van der Waals surface area contributed by atoms with E-state index in [1.165, 1.54) is 12.8 Å². The summed E-state index contributed by atoms with van der Waals surface area (Å²) >= 11 is 0. The number of nitrogens with two attached hydrogens (primary N) is 1. The normalized spacial score (nSPS) is 10.8. The fourth-order valence-corrected chi connectivity index (χ4v) is 2.81. The number of rotatable bonds is 11. The smallest absolute Gasteiger partial charge is 0.244 e. The van der Waals surface area contributed by atoms with Crippen molar-refractivity contribution in [3.05, 3.63) is 59.7 Å². The second-order valence-electron chi connectivity index (χ2n) is 6.71. The minimum Gasteiger partial charge on any atom is -0.495 e. The van der Waals surface area contributed by atoms with E-state index in [9.17, 15) is 4.79 Å². The second kappa shape index (κ2) is 11.7. The molecule has 0 unspecified atom stereocenters. The van der Waals surface area contributed by atoms with Crippen molar-refractivity contribution in [2.75, 3.05) is 31.2 Å². The first-order chi connectivity index (χ1) is 13.6. The number of hydrogen-bond donors (Lipinski definition) is 3. The fourth-order valence-electron chi connectivity index (χ4n) is 2.81. The van der Waals surface area contributed by atoms with Crippen molar-refractivity contribution in [1.82, 2.24) is 5.32 Å². The maximum Gasteiger partial charge on any atom is 0.244 e. The van der Waals surface area contributed by atoms with Gasteiger partial charge in [0.2, 0.25) is 5.91 Å². The van der Waals surface area contributed by atoms with Crippen LogP contribution in [-0.2, 0) is 11.2 Å². The van der Waals surface area contributed by atoms with E-state index in [0.717, 1.165) is 47.6 Å². The Morgan fingerprint density at radius 1 is 1.11 bits per heavy atom. The maximum atomic E-state index is 12.1. The Bertz CT molecular complexity index is 770. The quantitative estimate of drug-likeness (QED) is 0.309. The number of methoxy groups -OCH3 is 1. The molecule has 0 heterocycles. The number of amides is 1. The van der Waals surface area contributed by atoms with Crippen LogP contribution in [0.4, 0.5) is 11.4 Å². The largest absolute Gasteiger partial charge is 0.495 e. The third-order valence-corrected chi connectivity index (χ3v) is 4.44. The van der Waals surface area contributed by atoms with Gasteiger partial charge >= 0.3 is 0 Å². The van der Waals surface area contributed by atoms with Crippen molar-refractivity contribution in [2.45, 2.75) is 32.6 Å².